The van der Waals surface area contributed by atoms with Crippen LogP contribution in [0.15, 0.2) is 12.1 Å². The Morgan fingerprint density at radius 1 is 1.50 bits per heavy atom. The van der Waals surface area contributed by atoms with Crippen LogP contribution in [0.2, 0.25) is 0 Å². The van der Waals surface area contributed by atoms with E-state index >= 15 is 0 Å². The average molecular weight is 270 g/mol. The number of rotatable bonds is 3. The Morgan fingerprint density at radius 3 is 2.89 bits per heavy atom. The molecule has 2 rings (SSSR count). The molecule has 0 heterocycles. The maximum Gasteiger partial charge on any atom is 0.303 e. The summed E-state index contributed by atoms with van der Waals surface area (Å²) in [5.74, 6) is -0.715. The molecule has 4 heteroatoms. The number of hydrogen-bond acceptors (Lipinski definition) is 1. The van der Waals surface area contributed by atoms with Crippen molar-refractivity contribution in [3.05, 3.63) is 34.4 Å². The van der Waals surface area contributed by atoms with E-state index in [1.54, 1.807) is 0 Å². The predicted molar refractivity (Wildman–Crippen MR) is 65.8 cm³/mol. The number of aliphatic carboxylic acids is 1. The number of carboxylic acids is 1. The number of aryl methyl sites for hydroxylation is 1. The highest BCUT2D eigenvalue weighted by Crippen LogP contribution is 2.27. The first kappa shape index (κ1) is 15.0. The number of quaternary nitrogens is 1. The van der Waals surface area contributed by atoms with Crippen molar-refractivity contribution >= 4 is 5.97 Å². The summed E-state index contributed by atoms with van der Waals surface area (Å²) in [6.07, 6.45) is 4.10. The zero-order chi connectivity index (χ0) is 12.4. The lowest BCUT2D eigenvalue weighted by Gasteiger charge is -2.23. The fraction of sp³-hybridized carbons (Fsp3) is 0.500. The van der Waals surface area contributed by atoms with E-state index in [1.807, 2.05) is 0 Å². The van der Waals surface area contributed by atoms with Crippen LogP contribution >= 0.6 is 0 Å². The molecule has 0 saturated carbocycles. The van der Waals surface area contributed by atoms with Crippen LogP contribution in [0.3, 0.4) is 0 Å². The predicted octanol–water partition coefficient (Wildman–Crippen LogP) is -1.88. The first-order valence-electron chi connectivity index (χ1n) is 6.23. The van der Waals surface area contributed by atoms with E-state index in [2.05, 4.69) is 24.8 Å². The van der Waals surface area contributed by atoms with Crippen molar-refractivity contribution in [2.45, 2.75) is 45.1 Å². The molecule has 1 aliphatic carbocycles. The van der Waals surface area contributed by atoms with E-state index in [4.69, 9.17) is 5.11 Å². The summed E-state index contributed by atoms with van der Waals surface area (Å²) in [6, 6.07) is 4.82. The molecule has 0 aromatic heterocycles. The van der Waals surface area contributed by atoms with Gasteiger partial charge < -0.3 is 23.2 Å². The highest BCUT2D eigenvalue weighted by molar-refractivity contribution is 5.67. The van der Waals surface area contributed by atoms with Gasteiger partial charge in [-0.15, -0.1) is 0 Å². The monoisotopic (exact) mass is 269 g/mol. The lowest BCUT2D eigenvalue weighted by Crippen LogP contribution is -3.00. The van der Waals surface area contributed by atoms with E-state index in [1.165, 1.54) is 22.3 Å². The molecule has 1 aromatic carbocycles. The SMILES string of the molecule is Cc1ccc2c(c1CCC(=O)O)CCC([NH3+])C2.[Cl-]. The van der Waals surface area contributed by atoms with Crippen LogP contribution in [-0.2, 0) is 24.1 Å². The molecule has 100 valence electrons. The van der Waals surface area contributed by atoms with Crippen molar-refractivity contribution in [2.75, 3.05) is 0 Å². The molecule has 1 unspecified atom stereocenters. The smallest absolute Gasteiger partial charge is 0.303 e. The summed E-state index contributed by atoms with van der Waals surface area (Å²) in [4.78, 5) is 10.7. The van der Waals surface area contributed by atoms with Crippen LogP contribution in [0.25, 0.3) is 0 Å². The second-order valence-corrected chi connectivity index (χ2v) is 5.00. The number of benzene rings is 1. The summed E-state index contributed by atoms with van der Waals surface area (Å²) < 4.78 is 0. The molecule has 1 atom stereocenters. The minimum atomic E-state index is -0.715. The summed E-state index contributed by atoms with van der Waals surface area (Å²) in [7, 11) is 0. The van der Waals surface area contributed by atoms with Gasteiger partial charge in [-0.2, -0.15) is 0 Å². The van der Waals surface area contributed by atoms with Crippen molar-refractivity contribution in [1.29, 1.82) is 0 Å². The fourth-order valence-corrected chi connectivity index (χ4v) is 2.70. The van der Waals surface area contributed by atoms with Gasteiger partial charge in [-0.25, -0.2) is 0 Å². The highest BCUT2D eigenvalue weighted by Gasteiger charge is 2.21. The van der Waals surface area contributed by atoms with Crippen LogP contribution in [0.1, 0.15) is 35.1 Å². The molecule has 1 aromatic rings. The van der Waals surface area contributed by atoms with E-state index in [-0.39, 0.29) is 18.8 Å². The molecule has 0 amide bonds. The van der Waals surface area contributed by atoms with Gasteiger partial charge in [0.1, 0.15) is 0 Å². The summed E-state index contributed by atoms with van der Waals surface area (Å²) in [5.41, 5.74) is 9.39. The number of halogens is 1. The van der Waals surface area contributed by atoms with Gasteiger partial charge in [-0.3, -0.25) is 4.79 Å². The van der Waals surface area contributed by atoms with Gasteiger partial charge in [0.2, 0.25) is 0 Å². The molecule has 0 saturated heterocycles. The molecule has 0 spiro atoms. The summed E-state index contributed by atoms with van der Waals surface area (Å²) in [6.45, 7) is 2.08. The maximum atomic E-state index is 10.7. The third-order valence-electron chi connectivity index (χ3n) is 3.66. The molecule has 3 nitrogen and oxygen atoms in total. The zero-order valence-electron chi connectivity index (χ0n) is 10.7. The second-order valence-electron chi connectivity index (χ2n) is 5.00. The van der Waals surface area contributed by atoms with E-state index < -0.39 is 5.97 Å². The van der Waals surface area contributed by atoms with E-state index in [9.17, 15) is 4.79 Å². The Kier molecular flexibility index (Phi) is 5.17. The van der Waals surface area contributed by atoms with Gasteiger partial charge in [0.25, 0.3) is 0 Å². The Bertz CT molecular complexity index is 446. The minimum Gasteiger partial charge on any atom is -1.00 e. The second kappa shape index (κ2) is 6.21. The van der Waals surface area contributed by atoms with Gasteiger partial charge in [-0.1, -0.05) is 12.1 Å². The van der Waals surface area contributed by atoms with Crippen molar-refractivity contribution in [2.24, 2.45) is 0 Å². The van der Waals surface area contributed by atoms with Crippen LogP contribution < -0.4 is 18.1 Å². The molecule has 0 aliphatic heterocycles. The molecule has 18 heavy (non-hydrogen) atoms. The van der Waals surface area contributed by atoms with Crippen LogP contribution in [0.4, 0.5) is 0 Å². The standard InChI is InChI=1S/C14H19NO2.ClH/c1-9-2-3-10-8-11(15)4-5-13(10)12(9)6-7-14(16)17;/h2-3,11H,4-8,15H2,1H3,(H,16,17);1H. The zero-order valence-corrected chi connectivity index (χ0v) is 11.5. The average Bonchev–Trinajstić information content (AvgIpc) is 2.27. The van der Waals surface area contributed by atoms with Crippen molar-refractivity contribution in [3.8, 4) is 0 Å². The van der Waals surface area contributed by atoms with Gasteiger partial charge >= 0.3 is 5.97 Å². The van der Waals surface area contributed by atoms with Gasteiger partial charge in [-0.05, 0) is 42.0 Å². The molecule has 0 bridgehead atoms. The molecule has 1 aliphatic rings. The van der Waals surface area contributed by atoms with Crippen molar-refractivity contribution < 1.29 is 28.0 Å². The summed E-state index contributed by atoms with van der Waals surface area (Å²) >= 11 is 0. The molecule has 0 radical (unpaired) electrons. The first-order chi connectivity index (χ1) is 8.08. The van der Waals surface area contributed by atoms with Crippen LogP contribution in [-0.4, -0.2) is 17.1 Å². The number of hydrogen-bond donors (Lipinski definition) is 2. The lowest BCUT2D eigenvalue weighted by atomic mass is 9.83. The van der Waals surface area contributed by atoms with E-state index in [0.29, 0.717) is 12.5 Å². The Hall–Kier alpha value is -1.06. The maximum absolute atomic E-state index is 10.7. The number of carboxylic acid groups (broad SMARTS) is 1. The molecule has 4 N–H and O–H groups in total. The third kappa shape index (κ3) is 3.24. The van der Waals surface area contributed by atoms with Gasteiger partial charge in [0.15, 0.2) is 0 Å². The van der Waals surface area contributed by atoms with Gasteiger partial charge in [0.05, 0.1) is 6.04 Å². The minimum absolute atomic E-state index is 0. The Balaban J connectivity index is 0.00000162. The fourth-order valence-electron chi connectivity index (χ4n) is 2.70. The number of fused-ring (bicyclic) bond motifs is 1. The van der Waals surface area contributed by atoms with Crippen LogP contribution in [0, 0.1) is 6.92 Å². The quantitative estimate of drug-likeness (QED) is 0.674. The topological polar surface area (TPSA) is 64.9 Å². The highest BCUT2D eigenvalue weighted by atomic mass is 35.5. The normalized spacial score (nSPS) is 17.8. The molecule has 0 fully saturated rings. The van der Waals surface area contributed by atoms with Crippen molar-refractivity contribution in [1.82, 2.24) is 0 Å². The first-order valence-corrected chi connectivity index (χ1v) is 6.23. The van der Waals surface area contributed by atoms with E-state index in [0.717, 1.165) is 19.3 Å². The lowest BCUT2D eigenvalue weighted by molar-refractivity contribution is -0.421. The number of carbonyl (C=O) groups is 1. The van der Waals surface area contributed by atoms with Crippen molar-refractivity contribution in [3.63, 3.8) is 0 Å². The third-order valence-corrected chi connectivity index (χ3v) is 3.66. The summed E-state index contributed by atoms with van der Waals surface area (Å²) in [5, 5.41) is 8.80. The Labute approximate surface area is 114 Å². The Morgan fingerprint density at radius 2 is 2.22 bits per heavy atom. The van der Waals surface area contributed by atoms with Crippen LogP contribution in [0.5, 0.6) is 0 Å². The molecular weight excluding hydrogens is 250 g/mol. The largest absolute Gasteiger partial charge is 1.00 e. The molecular formula is C14H20ClNO2. The van der Waals surface area contributed by atoms with Gasteiger partial charge in [0, 0.05) is 19.3 Å².